The van der Waals surface area contributed by atoms with Crippen LogP contribution in [0.2, 0.25) is 0 Å². The summed E-state index contributed by atoms with van der Waals surface area (Å²) >= 11 is 0. The monoisotopic (exact) mass is 285 g/mol. The Labute approximate surface area is 122 Å². The fraction of sp³-hybridized carbons (Fsp3) is 0.125. The topological polar surface area (TPSA) is 89.6 Å². The molecule has 5 heteroatoms. The summed E-state index contributed by atoms with van der Waals surface area (Å²) in [6.45, 7) is 1.60. The molecule has 0 fully saturated rings. The normalized spacial score (nSPS) is 10.1. The molecule has 0 radical (unpaired) electrons. The van der Waals surface area contributed by atoms with Crippen LogP contribution in [0.5, 0.6) is 5.75 Å². The van der Waals surface area contributed by atoms with Gasteiger partial charge in [0.15, 0.2) is 5.78 Å². The summed E-state index contributed by atoms with van der Waals surface area (Å²) in [5.74, 6) is -1.07. The van der Waals surface area contributed by atoms with Crippen LogP contribution in [0, 0.1) is 0 Å². The average Bonchev–Trinajstić information content (AvgIpc) is 2.44. The van der Waals surface area contributed by atoms with E-state index in [9.17, 15) is 9.59 Å². The molecule has 5 nitrogen and oxygen atoms in total. The number of rotatable bonds is 5. The fourth-order valence-corrected chi connectivity index (χ4v) is 1.95. The van der Waals surface area contributed by atoms with Gasteiger partial charge < -0.3 is 15.6 Å². The van der Waals surface area contributed by atoms with E-state index in [-0.39, 0.29) is 23.5 Å². The number of ketones is 1. The van der Waals surface area contributed by atoms with Gasteiger partial charge in [-0.15, -0.1) is 0 Å². The van der Waals surface area contributed by atoms with Crippen molar-refractivity contribution in [3.8, 4) is 5.75 Å². The van der Waals surface area contributed by atoms with Crippen molar-refractivity contribution in [1.82, 2.24) is 0 Å². The lowest BCUT2D eigenvalue weighted by molar-refractivity contribution is 0.0691. The number of benzene rings is 2. The Hall–Kier alpha value is -2.82. The Morgan fingerprint density at radius 2 is 1.90 bits per heavy atom. The van der Waals surface area contributed by atoms with Gasteiger partial charge in [0, 0.05) is 11.3 Å². The molecule has 0 aromatic heterocycles. The molecule has 0 saturated heterocycles. The minimum absolute atomic E-state index is 0.0624. The van der Waals surface area contributed by atoms with Gasteiger partial charge in [-0.3, -0.25) is 4.79 Å². The second-order valence-electron chi connectivity index (χ2n) is 4.60. The van der Waals surface area contributed by atoms with E-state index in [0.717, 1.165) is 5.56 Å². The molecule has 0 amide bonds. The first-order chi connectivity index (χ1) is 9.97. The minimum Gasteiger partial charge on any atom is -0.489 e. The molecule has 0 aliphatic heterocycles. The van der Waals surface area contributed by atoms with Gasteiger partial charge in [-0.1, -0.05) is 12.1 Å². The number of ether oxygens (including phenoxy) is 1. The van der Waals surface area contributed by atoms with Crippen LogP contribution in [0.25, 0.3) is 0 Å². The number of anilines is 1. The van der Waals surface area contributed by atoms with E-state index >= 15 is 0 Å². The summed E-state index contributed by atoms with van der Waals surface area (Å²) in [5, 5.41) is 9.14. The molecule has 108 valence electrons. The van der Waals surface area contributed by atoms with Crippen LogP contribution >= 0.6 is 0 Å². The highest BCUT2D eigenvalue weighted by Crippen LogP contribution is 2.20. The number of aromatic carboxylic acids is 1. The molecular formula is C16H15NO4. The quantitative estimate of drug-likeness (QED) is 0.651. The van der Waals surface area contributed by atoms with Crippen molar-refractivity contribution in [2.24, 2.45) is 0 Å². The fourth-order valence-electron chi connectivity index (χ4n) is 1.95. The van der Waals surface area contributed by atoms with E-state index in [4.69, 9.17) is 15.6 Å². The standard InChI is InChI=1S/C16H15NO4/c1-10(18)14-6-5-13(8-15(14)16(19)20)21-9-11-3-2-4-12(17)7-11/h2-8H,9,17H2,1H3,(H,19,20). The maximum Gasteiger partial charge on any atom is 0.336 e. The minimum atomic E-state index is -1.16. The average molecular weight is 285 g/mol. The Kier molecular flexibility index (Phi) is 4.23. The Balaban J connectivity index is 2.19. The largest absolute Gasteiger partial charge is 0.489 e. The van der Waals surface area contributed by atoms with Gasteiger partial charge in [-0.2, -0.15) is 0 Å². The third-order valence-electron chi connectivity index (χ3n) is 2.96. The second kappa shape index (κ2) is 6.09. The highest BCUT2D eigenvalue weighted by molar-refractivity contribution is 6.05. The van der Waals surface area contributed by atoms with Gasteiger partial charge in [0.25, 0.3) is 0 Å². The third-order valence-corrected chi connectivity index (χ3v) is 2.96. The van der Waals surface area contributed by atoms with Crippen LogP contribution in [-0.4, -0.2) is 16.9 Å². The summed E-state index contributed by atoms with van der Waals surface area (Å²) in [6, 6.07) is 11.6. The van der Waals surface area contributed by atoms with Crippen molar-refractivity contribution >= 4 is 17.4 Å². The number of nitrogens with two attached hydrogens (primary N) is 1. The first kappa shape index (κ1) is 14.6. The lowest BCUT2D eigenvalue weighted by Gasteiger charge is -2.09. The van der Waals surface area contributed by atoms with Crippen molar-refractivity contribution in [1.29, 1.82) is 0 Å². The van der Waals surface area contributed by atoms with Crippen molar-refractivity contribution in [2.45, 2.75) is 13.5 Å². The maximum absolute atomic E-state index is 11.4. The SMILES string of the molecule is CC(=O)c1ccc(OCc2cccc(N)c2)cc1C(=O)O. The Morgan fingerprint density at radius 3 is 2.52 bits per heavy atom. The predicted molar refractivity (Wildman–Crippen MR) is 78.6 cm³/mol. The molecule has 0 atom stereocenters. The summed E-state index contributed by atoms with van der Waals surface area (Å²) in [4.78, 5) is 22.6. The molecule has 21 heavy (non-hydrogen) atoms. The van der Waals surface area contributed by atoms with E-state index in [1.807, 2.05) is 12.1 Å². The van der Waals surface area contributed by atoms with Crippen molar-refractivity contribution in [3.63, 3.8) is 0 Å². The molecule has 0 bridgehead atoms. The lowest BCUT2D eigenvalue weighted by atomic mass is 10.0. The van der Waals surface area contributed by atoms with Crippen LogP contribution in [0.4, 0.5) is 5.69 Å². The van der Waals surface area contributed by atoms with Crippen LogP contribution in [-0.2, 0) is 6.61 Å². The van der Waals surface area contributed by atoms with Gasteiger partial charge in [0.05, 0.1) is 5.56 Å². The molecule has 2 aromatic rings. The number of hydrogen-bond acceptors (Lipinski definition) is 4. The van der Waals surface area contributed by atoms with Crippen LogP contribution in [0.1, 0.15) is 33.2 Å². The second-order valence-corrected chi connectivity index (χ2v) is 4.60. The van der Waals surface area contributed by atoms with Crippen LogP contribution < -0.4 is 10.5 Å². The third kappa shape index (κ3) is 3.60. The van der Waals surface area contributed by atoms with Gasteiger partial charge in [0.1, 0.15) is 12.4 Å². The van der Waals surface area contributed by atoms with Crippen LogP contribution in [0.3, 0.4) is 0 Å². The summed E-state index contributed by atoms with van der Waals surface area (Å²) in [6.07, 6.45) is 0. The smallest absolute Gasteiger partial charge is 0.336 e. The lowest BCUT2D eigenvalue weighted by Crippen LogP contribution is -2.07. The van der Waals surface area contributed by atoms with Crippen molar-refractivity contribution in [2.75, 3.05) is 5.73 Å². The number of carbonyl (C=O) groups is 2. The van der Waals surface area contributed by atoms with E-state index in [2.05, 4.69) is 0 Å². The number of carboxylic acids is 1. The van der Waals surface area contributed by atoms with Gasteiger partial charge in [-0.25, -0.2) is 4.79 Å². The Morgan fingerprint density at radius 1 is 1.14 bits per heavy atom. The first-order valence-corrected chi connectivity index (χ1v) is 6.33. The number of Topliss-reactive ketones (excluding diaryl/α,β-unsaturated/α-hetero) is 1. The van der Waals surface area contributed by atoms with Gasteiger partial charge in [-0.05, 0) is 42.8 Å². The summed E-state index contributed by atoms with van der Waals surface area (Å²) in [5.41, 5.74) is 7.29. The first-order valence-electron chi connectivity index (χ1n) is 6.33. The predicted octanol–water partition coefficient (Wildman–Crippen LogP) is 2.75. The molecular weight excluding hydrogens is 270 g/mol. The highest BCUT2D eigenvalue weighted by atomic mass is 16.5. The van der Waals surface area contributed by atoms with Crippen molar-refractivity contribution in [3.05, 3.63) is 59.2 Å². The van der Waals surface area contributed by atoms with E-state index in [0.29, 0.717) is 11.4 Å². The molecule has 0 unspecified atom stereocenters. The van der Waals surface area contributed by atoms with Gasteiger partial charge in [0.2, 0.25) is 0 Å². The highest BCUT2D eigenvalue weighted by Gasteiger charge is 2.14. The number of nitrogen functional groups attached to an aromatic ring is 1. The molecule has 0 aliphatic carbocycles. The molecule has 0 spiro atoms. The number of hydrogen-bond donors (Lipinski definition) is 2. The Bertz CT molecular complexity index is 694. The molecule has 0 saturated carbocycles. The molecule has 0 aliphatic rings. The molecule has 3 N–H and O–H groups in total. The molecule has 2 aromatic carbocycles. The zero-order valence-corrected chi connectivity index (χ0v) is 11.5. The number of carbonyl (C=O) groups excluding carboxylic acids is 1. The molecule has 0 heterocycles. The summed E-state index contributed by atoms with van der Waals surface area (Å²) < 4.78 is 5.54. The zero-order valence-electron chi connectivity index (χ0n) is 11.5. The van der Waals surface area contributed by atoms with Gasteiger partial charge >= 0.3 is 5.97 Å². The van der Waals surface area contributed by atoms with Crippen LogP contribution in [0.15, 0.2) is 42.5 Å². The zero-order chi connectivity index (χ0) is 15.4. The van der Waals surface area contributed by atoms with Crippen molar-refractivity contribution < 1.29 is 19.4 Å². The number of carboxylic acid groups (broad SMARTS) is 1. The van der Waals surface area contributed by atoms with E-state index in [1.54, 1.807) is 18.2 Å². The van der Waals surface area contributed by atoms with E-state index < -0.39 is 5.97 Å². The maximum atomic E-state index is 11.4. The molecule has 2 rings (SSSR count). The van der Waals surface area contributed by atoms with E-state index in [1.165, 1.54) is 19.1 Å². The summed E-state index contributed by atoms with van der Waals surface area (Å²) in [7, 11) is 0.